The maximum atomic E-state index is 12.4. The zero-order valence-corrected chi connectivity index (χ0v) is 15.2. The van der Waals surface area contributed by atoms with Gasteiger partial charge in [0.15, 0.2) is 11.6 Å². The highest BCUT2D eigenvalue weighted by Gasteiger charge is 2.28. The summed E-state index contributed by atoms with van der Waals surface area (Å²) in [5.74, 6) is 1.65. The standard InChI is InChI=1S/C17H24N6O4/c24-16(13-23-9-12-27-17(23)25)22-5-3-20(4-6-22)14-1-2-15(19-18-14)21-7-10-26-11-8-21/h1-2H,3-13H2. The minimum atomic E-state index is -0.405. The Morgan fingerprint density at radius 1 is 0.889 bits per heavy atom. The highest BCUT2D eigenvalue weighted by atomic mass is 16.6. The van der Waals surface area contributed by atoms with Crippen LogP contribution >= 0.6 is 0 Å². The third-order valence-electron chi connectivity index (χ3n) is 5.10. The lowest BCUT2D eigenvalue weighted by atomic mass is 10.3. The number of piperazine rings is 1. The summed E-state index contributed by atoms with van der Waals surface area (Å²) >= 11 is 0. The predicted molar refractivity (Wildman–Crippen MR) is 96.8 cm³/mol. The number of rotatable bonds is 4. The molecule has 0 bridgehead atoms. The molecule has 4 heterocycles. The molecule has 4 rings (SSSR count). The van der Waals surface area contributed by atoms with Crippen LogP contribution in [0.3, 0.4) is 0 Å². The van der Waals surface area contributed by atoms with Gasteiger partial charge in [0.2, 0.25) is 5.91 Å². The van der Waals surface area contributed by atoms with E-state index in [9.17, 15) is 9.59 Å². The monoisotopic (exact) mass is 376 g/mol. The van der Waals surface area contributed by atoms with Gasteiger partial charge in [0.05, 0.1) is 19.8 Å². The highest BCUT2D eigenvalue weighted by Crippen LogP contribution is 2.17. The molecule has 0 aromatic carbocycles. The molecule has 3 aliphatic rings. The number of amides is 2. The molecule has 1 aromatic heterocycles. The lowest BCUT2D eigenvalue weighted by Crippen LogP contribution is -2.51. The second-order valence-corrected chi connectivity index (χ2v) is 6.75. The first-order valence-corrected chi connectivity index (χ1v) is 9.31. The topological polar surface area (TPSA) is 91.3 Å². The molecule has 0 aliphatic carbocycles. The average molecular weight is 376 g/mol. The number of nitrogens with zero attached hydrogens (tertiary/aromatic N) is 6. The van der Waals surface area contributed by atoms with Crippen LogP contribution in [0.2, 0.25) is 0 Å². The molecule has 10 nitrogen and oxygen atoms in total. The minimum absolute atomic E-state index is 0.0396. The molecule has 10 heteroatoms. The first kappa shape index (κ1) is 17.8. The molecular weight excluding hydrogens is 352 g/mol. The molecule has 1 aromatic rings. The molecule has 0 saturated carbocycles. The molecule has 2 amide bonds. The highest BCUT2D eigenvalue weighted by molar-refractivity contribution is 5.83. The number of carbonyl (C=O) groups is 2. The summed E-state index contributed by atoms with van der Waals surface area (Å²) in [6.07, 6.45) is -0.405. The van der Waals surface area contributed by atoms with Gasteiger partial charge in [-0.1, -0.05) is 0 Å². The lowest BCUT2D eigenvalue weighted by molar-refractivity contribution is -0.132. The van der Waals surface area contributed by atoms with Crippen molar-refractivity contribution in [3.05, 3.63) is 12.1 Å². The van der Waals surface area contributed by atoms with Crippen molar-refractivity contribution >= 4 is 23.6 Å². The second kappa shape index (κ2) is 7.95. The van der Waals surface area contributed by atoms with Crippen molar-refractivity contribution in [2.24, 2.45) is 0 Å². The molecule has 0 N–H and O–H groups in total. The summed E-state index contributed by atoms with van der Waals surface area (Å²) in [4.78, 5) is 31.4. The summed E-state index contributed by atoms with van der Waals surface area (Å²) in [6, 6.07) is 3.97. The normalized spacial score (nSPS) is 20.8. The van der Waals surface area contributed by atoms with E-state index in [1.165, 1.54) is 4.90 Å². The Labute approximate surface area is 157 Å². The Bertz CT molecular complexity index is 671. The third kappa shape index (κ3) is 4.05. The molecule has 3 saturated heterocycles. The van der Waals surface area contributed by atoms with Gasteiger partial charge in [-0.25, -0.2) is 4.79 Å². The Balaban J connectivity index is 1.28. The summed E-state index contributed by atoms with van der Waals surface area (Å²) in [5, 5.41) is 8.71. The number of hydrogen-bond acceptors (Lipinski definition) is 8. The molecule has 146 valence electrons. The number of anilines is 2. The van der Waals surface area contributed by atoms with Crippen molar-refractivity contribution in [2.75, 3.05) is 82.0 Å². The number of carbonyl (C=O) groups excluding carboxylic acids is 2. The Morgan fingerprint density at radius 3 is 2.07 bits per heavy atom. The number of hydrogen-bond donors (Lipinski definition) is 0. The van der Waals surface area contributed by atoms with Gasteiger partial charge in [-0.15, -0.1) is 10.2 Å². The largest absolute Gasteiger partial charge is 0.448 e. The van der Waals surface area contributed by atoms with Crippen molar-refractivity contribution in [3.8, 4) is 0 Å². The van der Waals surface area contributed by atoms with Crippen molar-refractivity contribution in [1.29, 1.82) is 0 Å². The zero-order valence-electron chi connectivity index (χ0n) is 15.2. The SMILES string of the molecule is O=C(CN1CCOC1=O)N1CCN(c2ccc(N3CCOCC3)nn2)CC1. The van der Waals surface area contributed by atoms with E-state index >= 15 is 0 Å². The van der Waals surface area contributed by atoms with Gasteiger partial charge in [0.25, 0.3) is 0 Å². The van der Waals surface area contributed by atoms with Gasteiger partial charge in [0, 0.05) is 39.3 Å². The van der Waals surface area contributed by atoms with Crippen LogP contribution in [-0.2, 0) is 14.3 Å². The van der Waals surface area contributed by atoms with Gasteiger partial charge >= 0.3 is 6.09 Å². The molecule has 0 unspecified atom stereocenters. The predicted octanol–water partition coefficient (Wildman–Crippen LogP) is -0.586. The molecule has 0 radical (unpaired) electrons. The second-order valence-electron chi connectivity index (χ2n) is 6.75. The van der Waals surface area contributed by atoms with E-state index in [2.05, 4.69) is 20.0 Å². The van der Waals surface area contributed by atoms with Crippen LogP contribution in [0.4, 0.5) is 16.4 Å². The first-order valence-electron chi connectivity index (χ1n) is 9.31. The van der Waals surface area contributed by atoms with Crippen LogP contribution in [0.5, 0.6) is 0 Å². The summed E-state index contributed by atoms with van der Waals surface area (Å²) < 4.78 is 10.2. The van der Waals surface area contributed by atoms with Gasteiger partial charge in [-0.2, -0.15) is 0 Å². The number of ether oxygens (including phenoxy) is 2. The average Bonchev–Trinajstić information content (AvgIpc) is 3.13. The Kier molecular flexibility index (Phi) is 5.23. The van der Waals surface area contributed by atoms with Crippen LogP contribution in [0.25, 0.3) is 0 Å². The van der Waals surface area contributed by atoms with Crippen LogP contribution in [0.15, 0.2) is 12.1 Å². The lowest BCUT2D eigenvalue weighted by Gasteiger charge is -2.35. The smallest absolute Gasteiger partial charge is 0.410 e. The van der Waals surface area contributed by atoms with Crippen LogP contribution in [0.1, 0.15) is 0 Å². The van der Waals surface area contributed by atoms with Crippen molar-refractivity contribution in [2.45, 2.75) is 0 Å². The third-order valence-corrected chi connectivity index (χ3v) is 5.10. The number of aromatic nitrogens is 2. The Morgan fingerprint density at radius 2 is 1.52 bits per heavy atom. The fourth-order valence-electron chi connectivity index (χ4n) is 3.47. The number of cyclic esters (lactones) is 1. The Hall–Kier alpha value is -2.62. The van der Waals surface area contributed by atoms with Gasteiger partial charge < -0.3 is 24.2 Å². The van der Waals surface area contributed by atoms with Crippen LogP contribution in [0, 0.1) is 0 Å². The quantitative estimate of drug-likeness (QED) is 0.689. The number of morpholine rings is 1. The van der Waals surface area contributed by atoms with Gasteiger partial charge in [0.1, 0.15) is 13.2 Å². The zero-order chi connectivity index (χ0) is 18.6. The fourth-order valence-corrected chi connectivity index (χ4v) is 3.47. The molecular formula is C17H24N6O4. The summed E-state index contributed by atoms with van der Waals surface area (Å²) in [6.45, 7) is 6.64. The fraction of sp³-hybridized carbons (Fsp3) is 0.647. The molecule has 27 heavy (non-hydrogen) atoms. The molecule has 0 spiro atoms. The maximum absolute atomic E-state index is 12.4. The molecule has 0 atom stereocenters. The minimum Gasteiger partial charge on any atom is -0.448 e. The van der Waals surface area contributed by atoms with Crippen LogP contribution < -0.4 is 9.80 Å². The van der Waals surface area contributed by atoms with Crippen LogP contribution in [-0.4, -0.2) is 104 Å². The molecule has 3 aliphatic heterocycles. The van der Waals surface area contributed by atoms with Crippen molar-refractivity contribution in [1.82, 2.24) is 20.0 Å². The van der Waals surface area contributed by atoms with Gasteiger partial charge in [-0.3, -0.25) is 9.69 Å². The van der Waals surface area contributed by atoms with E-state index in [4.69, 9.17) is 9.47 Å². The van der Waals surface area contributed by atoms with E-state index in [1.807, 2.05) is 12.1 Å². The van der Waals surface area contributed by atoms with Gasteiger partial charge in [-0.05, 0) is 12.1 Å². The van der Waals surface area contributed by atoms with Crippen molar-refractivity contribution in [3.63, 3.8) is 0 Å². The van der Waals surface area contributed by atoms with E-state index in [0.717, 1.165) is 24.7 Å². The summed E-state index contributed by atoms with van der Waals surface area (Å²) in [7, 11) is 0. The van der Waals surface area contributed by atoms with E-state index in [1.54, 1.807) is 4.90 Å². The van der Waals surface area contributed by atoms with E-state index < -0.39 is 6.09 Å². The summed E-state index contributed by atoms with van der Waals surface area (Å²) in [5.41, 5.74) is 0. The van der Waals surface area contributed by atoms with E-state index in [0.29, 0.717) is 52.5 Å². The van der Waals surface area contributed by atoms with Crippen molar-refractivity contribution < 1.29 is 19.1 Å². The van der Waals surface area contributed by atoms with E-state index in [-0.39, 0.29) is 12.5 Å². The molecule has 3 fully saturated rings. The first-order chi connectivity index (χ1) is 13.2. The maximum Gasteiger partial charge on any atom is 0.410 e.